The van der Waals surface area contributed by atoms with Crippen molar-refractivity contribution >= 4 is 23.1 Å². The van der Waals surface area contributed by atoms with E-state index in [9.17, 15) is 14.0 Å². The standard InChI is InChI=1S/C21H20FN3O4/c1-14(26)29-11-3-2-4-20-24-19-12-15(13-23-28)5-10-18(19)21(27)25(20)17-8-6-16(22)7-9-17/h5-10,12-13,28H,2-4,11H2,1H3/b23-13+. The highest BCUT2D eigenvalue weighted by molar-refractivity contribution is 5.88. The summed E-state index contributed by atoms with van der Waals surface area (Å²) in [7, 11) is 0. The summed E-state index contributed by atoms with van der Waals surface area (Å²) in [4.78, 5) is 28.7. The quantitative estimate of drug-likeness (QED) is 0.217. The summed E-state index contributed by atoms with van der Waals surface area (Å²) in [5.41, 5.74) is 1.32. The number of aromatic nitrogens is 2. The smallest absolute Gasteiger partial charge is 0.302 e. The van der Waals surface area contributed by atoms with Crippen LogP contribution in [0.5, 0.6) is 0 Å². The molecule has 0 aliphatic heterocycles. The van der Waals surface area contributed by atoms with Crippen molar-refractivity contribution in [3.63, 3.8) is 0 Å². The van der Waals surface area contributed by atoms with Crippen LogP contribution < -0.4 is 5.56 Å². The van der Waals surface area contributed by atoms with Gasteiger partial charge in [-0.05, 0) is 54.8 Å². The highest BCUT2D eigenvalue weighted by Gasteiger charge is 2.13. The third kappa shape index (κ3) is 4.84. The maximum atomic E-state index is 13.3. The Balaban J connectivity index is 2.03. The van der Waals surface area contributed by atoms with E-state index < -0.39 is 5.82 Å². The van der Waals surface area contributed by atoms with Crippen LogP contribution in [0.2, 0.25) is 0 Å². The van der Waals surface area contributed by atoms with Crippen molar-refractivity contribution in [2.75, 3.05) is 6.61 Å². The van der Waals surface area contributed by atoms with Gasteiger partial charge >= 0.3 is 5.97 Å². The van der Waals surface area contributed by atoms with Gasteiger partial charge in [0.2, 0.25) is 0 Å². The molecule has 0 atom stereocenters. The summed E-state index contributed by atoms with van der Waals surface area (Å²) in [5.74, 6) is -0.225. The number of rotatable bonds is 7. The molecule has 1 heterocycles. The molecule has 0 aliphatic carbocycles. The number of oxime groups is 1. The van der Waals surface area contributed by atoms with E-state index in [4.69, 9.17) is 9.94 Å². The van der Waals surface area contributed by atoms with Crippen LogP contribution in [0.15, 0.2) is 52.4 Å². The average molecular weight is 397 g/mol. The Hall–Kier alpha value is -3.55. The van der Waals surface area contributed by atoms with Crippen molar-refractivity contribution in [1.29, 1.82) is 0 Å². The largest absolute Gasteiger partial charge is 0.466 e. The van der Waals surface area contributed by atoms with Gasteiger partial charge in [-0.3, -0.25) is 14.2 Å². The number of esters is 1. The van der Waals surface area contributed by atoms with Gasteiger partial charge in [0.15, 0.2) is 0 Å². The monoisotopic (exact) mass is 397 g/mol. The number of unbranched alkanes of at least 4 members (excludes halogenated alkanes) is 1. The van der Waals surface area contributed by atoms with Crippen LogP contribution in [0.3, 0.4) is 0 Å². The normalized spacial score (nSPS) is 11.2. The van der Waals surface area contributed by atoms with Gasteiger partial charge in [-0.25, -0.2) is 9.37 Å². The molecule has 1 N–H and O–H groups in total. The van der Waals surface area contributed by atoms with Gasteiger partial charge < -0.3 is 9.94 Å². The minimum atomic E-state index is -0.397. The highest BCUT2D eigenvalue weighted by Crippen LogP contribution is 2.16. The Bertz CT molecular complexity index is 1110. The zero-order valence-electron chi connectivity index (χ0n) is 15.8. The first-order valence-corrected chi connectivity index (χ1v) is 9.12. The topological polar surface area (TPSA) is 93.8 Å². The number of hydrogen-bond donors (Lipinski definition) is 1. The summed E-state index contributed by atoms with van der Waals surface area (Å²) >= 11 is 0. The van der Waals surface area contributed by atoms with Gasteiger partial charge in [-0.15, -0.1) is 0 Å². The number of aryl methyl sites for hydroxylation is 1. The van der Waals surface area contributed by atoms with Crippen LogP contribution >= 0.6 is 0 Å². The van der Waals surface area contributed by atoms with Crippen LogP contribution in [0.4, 0.5) is 4.39 Å². The lowest BCUT2D eigenvalue weighted by Gasteiger charge is -2.14. The molecule has 0 radical (unpaired) electrons. The summed E-state index contributed by atoms with van der Waals surface area (Å²) in [6, 6.07) is 10.6. The fourth-order valence-electron chi connectivity index (χ4n) is 3.02. The average Bonchev–Trinajstić information content (AvgIpc) is 2.69. The predicted octanol–water partition coefficient (Wildman–Crippen LogP) is 3.22. The van der Waals surface area contributed by atoms with E-state index in [2.05, 4.69) is 10.1 Å². The van der Waals surface area contributed by atoms with Crippen molar-refractivity contribution in [3.05, 3.63) is 70.0 Å². The molecule has 0 spiro atoms. The molecule has 2 aromatic carbocycles. The number of nitrogens with zero attached hydrogens (tertiary/aromatic N) is 3. The van der Waals surface area contributed by atoms with E-state index in [1.54, 1.807) is 18.2 Å². The maximum Gasteiger partial charge on any atom is 0.302 e. The fourth-order valence-corrected chi connectivity index (χ4v) is 3.02. The van der Waals surface area contributed by atoms with E-state index in [1.165, 1.54) is 42.0 Å². The molecule has 7 nitrogen and oxygen atoms in total. The number of hydrogen-bond acceptors (Lipinski definition) is 6. The second-order valence-electron chi connectivity index (χ2n) is 6.46. The van der Waals surface area contributed by atoms with E-state index in [0.29, 0.717) is 53.8 Å². The van der Waals surface area contributed by atoms with Crippen molar-refractivity contribution in [2.24, 2.45) is 5.16 Å². The molecule has 0 fully saturated rings. The first-order chi connectivity index (χ1) is 14.0. The Labute approximate surface area is 166 Å². The number of benzene rings is 2. The van der Waals surface area contributed by atoms with Crippen LogP contribution in [0.25, 0.3) is 16.6 Å². The summed E-state index contributed by atoms with van der Waals surface area (Å²) in [5, 5.41) is 12.1. The van der Waals surface area contributed by atoms with Gasteiger partial charge in [0.1, 0.15) is 11.6 Å². The van der Waals surface area contributed by atoms with Crippen LogP contribution in [0.1, 0.15) is 31.2 Å². The molecule has 0 aliphatic rings. The van der Waals surface area contributed by atoms with Crippen molar-refractivity contribution in [1.82, 2.24) is 9.55 Å². The van der Waals surface area contributed by atoms with Gasteiger partial charge in [-0.1, -0.05) is 11.2 Å². The van der Waals surface area contributed by atoms with Gasteiger partial charge in [0.05, 0.1) is 29.4 Å². The summed E-state index contributed by atoms with van der Waals surface area (Å²) in [6.45, 7) is 1.64. The van der Waals surface area contributed by atoms with Gasteiger partial charge in [0.25, 0.3) is 5.56 Å². The zero-order valence-corrected chi connectivity index (χ0v) is 15.8. The molecule has 0 saturated heterocycles. The number of ether oxygens (including phenoxy) is 1. The lowest BCUT2D eigenvalue weighted by molar-refractivity contribution is -0.141. The van der Waals surface area contributed by atoms with E-state index in [1.807, 2.05) is 0 Å². The molecule has 8 heteroatoms. The van der Waals surface area contributed by atoms with Gasteiger partial charge in [-0.2, -0.15) is 0 Å². The molecular weight excluding hydrogens is 377 g/mol. The lowest BCUT2D eigenvalue weighted by atomic mass is 10.1. The SMILES string of the molecule is CC(=O)OCCCCc1nc2cc(/C=N/O)ccc2c(=O)n1-c1ccc(F)cc1. The second-order valence-corrected chi connectivity index (χ2v) is 6.46. The molecule has 0 saturated carbocycles. The molecule has 0 unspecified atom stereocenters. The Morgan fingerprint density at radius 1 is 1.24 bits per heavy atom. The Morgan fingerprint density at radius 3 is 2.69 bits per heavy atom. The van der Waals surface area contributed by atoms with Gasteiger partial charge in [0, 0.05) is 13.3 Å². The minimum absolute atomic E-state index is 0.274. The van der Waals surface area contributed by atoms with Crippen LogP contribution in [0, 0.1) is 5.82 Å². The number of fused-ring (bicyclic) bond motifs is 1. The highest BCUT2D eigenvalue weighted by atomic mass is 19.1. The maximum absolute atomic E-state index is 13.3. The Kier molecular flexibility index (Phi) is 6.33. The molecule has 1 aromatic heterocycles. The first kappa shape index (κ1) is 20.2. The van der Waals surface area contributed by atoms with E-state index in [0.717, 1.165) is 0 Å². The van der Waals surface area contributed by atoms with Crippen molar-refractivity contribution < 1.29 is 19.1 Å². The molecule has 0 bridgehead atoms. The summed E-state index contributed by atoms with van der Waals surface area (Å²) < 4.78 is 19.8. The van der Waals surface area contributed by atoms with E-state index >= 15 is 0 Å². The molecular formula is C21H20FN3O4. The molecule has 3 aromatic rings. The number of carbonyl (C=O) groups excluding carboxylic acids is 1. The molecule has 3 rings (SSSR count). The van der Waals surface area contributed by atoms with E-state index in [-0.39, 0.29) is 11.5 Å². The number of carbonyl (C=O) groups is 1. The van der Waals surface area contributed by atoms with Crippen LogP contribution in [-0.4, -0.2) is 33.5 Å². The van der Waals surface area contributed by atoms with Crippen molar-refractivity contribution in [2.45, 2.75) is 26.2 Å². The van der Waals surface area contributed by atoms with Crippen molar-refractivity contribution in [3.8, 4) is 5.69 Å². The van der Waals surface area contributed by atoms with Crippen LogP contribution in [-0.2, 0) is 16.0 Å². The minimum Gasteiger partial charge on any atom is -0.466 e. The molecule has 0 amide bonds. The Morgan fingerprint density at radius 2 is 2.00 bits per heavy atom. The fraction of sp³-hybridized carbons (Fsp3) is 0.238. The summed E-state index contributed by atoms with van der Waals surface area (Å²) in [6.07, 6.45) is 2.98. The number of halogens is 1. The zero-order chi connectivity index (χ0) is 20.8. The molecule has 150 valence electrons. The lowest BCUT2D eigenvalue weighted by Crippen LogP contribution is -2.24. The third-order valence-electron chi connectivity index (χ3n) is 4.35. The first-order valence-electron chi connectivity index (χ1n) is 9.12. The second kappa shape index (κ2) is 9.09. The third-order valence-corrected chi connectivity index (χ3v) is 4.35. The molecule has 29 heavy (non-hydrogen) atoms. The predicted molar refractivity (Wildman–Crippen MR) is 106 cm³/mol.